The van der Waals surface area contributed by atoms with Crippen LogP contribution >= 0.6 is 0 Å². The number of amides is 1. The van der Waals surface area contributed by atoms with Crippen LogP contribution in [0.15, 0.2) is 30.6 Å². The van der Waals surface area contributed by atoms with Gasteiger partial charge in [-0.05, 0) is 30.9 Å². The van der Waals surface area contributed by atoms with E-state index >= 15 is 0 Å². The third kappa shape index (κ3) is 3.42. The van der Waals surface area contributed by atoms with Crippen LogP contribution in [0.5, 0.6) is 0 Å². The van der Waals surface area contributed by atoms with Crippen LogP contribution in [0.25, 0.3) is 0 Å². The lowest BCUT2D eigenvalue weighted by Crippen LogP contribution is -2.28. The summed E-state index contributed by atoms with van der Waals surface area (Å²) in [6.07, 6.45) is 7.72. The Kier molecular flexibility index (Phi) is 4.19. The van der Waals surface area contributed by atoms with Crippen molar-refractivity contribution in [1.29, 1.82) is 0 Å². The molecule has 1 saturated carbocycles. The minimum atomic E-state index is 0.164. The molecular weight excluding hydrogens is 302 g/mol. The van der Waals surface area contributed by atoms with Crippen molar-refractivity contribution >= 4 is 11.7 Å². The molecule has 2 aromatic rings. The fraction of sp³-hybridized carbons (Fsp3) is 0.500. The third-order valence-electron chi connectivity index (χ3n) is 4.83. The number of hydrogen-bond acceptors (Lipinski definition) is 4. The largest absolute Gasteiger partial charge is 0.354 e. The SMILES string of the molecule is O=C(CC1CC1)NCc1cnc2n1CCN(c1ccccn1)CC2. The molecule has 2 aromatic heterocycles. The van der Waals surface area contributed by atoms with E-state index in [0.29, 0.717) is 18.9 Å². The molecule has 0 bridgehead atoms. The average molecular weight is 325 g/mol. The van der Waals surface area contributed by atoms with Crippen LogP contribution in [-0.2, 0) is 24.3 Å². The number of hydrogen-bond donors (Lipinski definition) is 1. The van der Waals surface area contributed by atoms with Crippen LogP contribution in [-0.4, -0.2) is 33.5 Å². The van der Waals surface area contributed by atoms with Gasteiger partial charge in [0.05, 0.1) is 18.4 Å². The number of imidazole rings is 1. The van der Waals surface area contributed by atoms with Crippen molar-refractivity contribution < 1.29 is 4.79 Å². The van der Waals surface area contributed by atoms with E-state index in [1.54, 1.807) is 0 Å². The maximum absolute atomic E-state index is 11.9. The van der Waals surface area contributed by atoms with Gasteiger partial charge in [0.2, 0.25) is 5.91 Å². The Bertz CT molecular complexity index is 707. The molecule has 0 spiro atoms. The molecule has 0 unspecified atom stereocenters. The molecule has 0 atom stereocenters. The second kappa shape index (κ2) is 6.63. The second-order valence-corrected chi connectivity index (χ2v) is 6.67. The topological polar surface area (TPSA) is 63.1 Å². The van der Waals surface area contributed by atoms with E-state index in [1.165, 1.54) is 12.8 Å². The van der Waals surface area contributed by atoms with Gasteiger partial charge >= 0.3 is 0 Å². The normalized spacial score (nSPS) is 17.2. The van der Waals surface area contributed by atoms with Crippen LogP contribution in [0, 0.1) is 5.92 Å². The molecule has 0 saturated heterocycles. The van der Waals surface area contributed by atoms with E-state index in [-0.39, 0.29) is 5.91 Å². The number of nitrogens with zero attached hydrogens (tertiary/aromatic N) is 4. The minimum absolute atomic E-state index is 0.164. The average Bonchev–Trinajstić information content (AvgIpc) is 3.37. The Balaban J connectivity index is 1.39. The highest BCUT2D eigenvalue weighted by Gasteiger charge is 2.24. The van der Waals surface area contributed by atoms with Crippen molar-refractivity contribution in [2.75, 3.05) is 18.0 Å². The Morgan fingerprint density at radius 2 is 2.12 bits per heavy atom. The van der Waals surface area contributed by atoms with Gasteiger partial charge < -0.3 is 14.8 Å². The number of fused-ring (bicyclic) bond motifs is 1. The van der Waals surface area contributed by atoms with Crippen molar-refractivity contribution in [3.8, 4) is 0 Å². The molecule has 2 aliphatic rings. The molecule has 126 valence electrons. The van der Waals surface area contributed by atoms with Gasteiger partial charge in [-0.3, -0.25) is 4.79 Å². The molecule has 24 heavy (non-hydrogen) atoms. The summed E-state index contributed by atoms with van der Waals surface area (Å²) in [4.78, 5) is 23.2. The Labute approximate surface area is 141 Å². The quantitative estimate of drug-likeness (QED) is 0.910. The first-order valence-corrected chi connectivity index (χ1v) is 8.75. The Morgan fingerprint density at radius 1 is 1.21 bits per heavy atom. The summed E-state index contributed by atoms with van der Waals surface area (Å²) in [6.45, 7) is 3.27. The number of nitrogens with one attached hydrogen (secondary N) is 1. The van der Waals surface area contributed by atoms with Gasteiger partial charge in [-0.1, -0.05) is 6.07 Å². The highest BCUT2D eigenvalue weighted by Crippen LogP contribution is 2.32. The highest BCUT2D eigenvalue weighted by molar-refractivity contribution is 5.76. The van der Waals surface area contributed by atoms with Crippen LogP contribution in [0.1, 0.15) is 30.8 Å². The van der Waals surface area contributed by atoms with Gasteiger partial charge in [0.1, 0.15) is 11.6 Å². The van der Waals surface area contributed by atoms with Crippen molar-refractivity contribution in [1.82, 2.24) is 19.9 Å². The molecule has 0 radical (unpaired) electrons. The first-order valence-electron chi connectivity index (χ1n) is 8.75. The molecule has 1 N–H and O–H groups in total. The summed E-state index contributed by atoms with van der Waals surface area (Å²) < 4.78 is 2.25. The molecule has 1 aliphatic carbocycles. The number of anilines is 1. The zero-order valence-electron chi connectivity index (χ0n) is 13.8. The predicted octanol–water partition coefficient (Wildman–Crippen LogP) is 1.76. The summed E-state index contributed by atoms with van der Waals surface area (Å²) in [5.74, 6) is 2.90. The lowest BCUT2D eigenvalue weighted by Gasteiger charge is -2.21. The molecule has 1 fully saturated rings. The lowest BCUT2D eigenvalue weighted by atomic mass is 10.3. The number of carbonyl (C=O) groups excluding carboxylic acids is 1. The lowest BCUT2D eigenvalue weighted by molar-refractivity contribution is -0.121. The van der Waals surface area contributed by atoms with Gasteiger partial charge in [-0.25, -0.2) is 9.97 Å². The Hall–Kier alpha value is -2.37. The van der Waals surface area contributed by atoms with Gasteiger partial charge in [0.25, 0.3) is 0 Å². The van der Waals surface area contributed by atoms with Crippen LogP contribution in [0.4, 0.5) is 5.82 Å². The van der Waals surface area contributed by atoms with Crippen molar-refractivity contribution in [2.45, 2.75) is 38.8 Å². The zero-order valence-corrected chi connectivity index (χ0v) is 13.8. The van der Waals surface area contributed by atoms with Crippen LogP contribution in [0.2, 0.25) is 0 Å². The summed E-state index contributed by atoms with van der Waals surface area (Å²) in [5, 5.41) is 3.04. The fourth-order valence-corrected chi connectivity index (χ4v) is 3.25. The van der Waals surface area contributed by atoms with Gasteiger partial charge in [-0.15, -0.1) is 0 Å². The van der Waals surface area contributed by atoms with E-state index in [1.807, 2.05) is 30.6 Å². The monoisotopic (exact) mass is 325 g/mol. The van der Waals surface area contributed by atoms with E-state index in [4.69, 9.17) is 0 Å². The fourth-order valence-electron chi connectivity index (χ4n) is 3.25. The molecule has 6 heteroatoms. The molecular formula is C18H23N5O. The van der Waals surface area contributed by atoms with Crippen LogP contribution < -0.4 is 10.2 Å². The maximum Gasteiger partial charge on any atom is 0.220 e. The zero-order chi connectivity index (χ0) is 16.4. The summed E-state index contributed by atoms with van der Waals surface area (Å²) in [6, 6.07) is 6.01. The van der Waals surface area contributed by atoms with E-state index in [0.717, 1.165) is 43.4 Å². The molecule has 6 nitrogen and oxygen atoms in total. The molecule has 0 aromatic carbocycles. The van der Waals surface area contributed by atoms with Gasteiger partial charge in [-0.2, -0.15) is 0 Å². The summed E-state index contributed by atoms with van der Waals surface area (Å²) >= 11 is 0. The molecule has 3 heterocycles. The minimum Gasteiger partial charge on any atom is -0.354 e. The molecule has 1 aliphatic heterocycles. The van der Waals surface area contributed by atoms with Crippen molar-refractivity contribution in [3.05, 3.63) is 42.1 Å². The number of rotatable bonds is 5. The van der Waals surface area contributed by atoms with E-state index in [9.17, 15) is 4.79 Å². The number of aromatic nitrogens is 3. The number of pyridine rings is 1. The highest BCUT2D eigenvalue weighted by atomic mass is 16.1. The Morgan fingerprint density at radius 3 is 2.92 bits per heavy atom. The van der Waals surface area contributed by atoms with E-state index < -0.39 is 0 Å². The summed E-state index contributed by atoms with van der Waals surface area (Å²) in [7, 11) is 0. The first kappa shape index (κ1) is 15.2. The van der Waals surface area contributed by atoms with Crippen LogP contribution in [0.3, 0.4) is 0 Å². The number of carbonyl (C=O) groups is 1. The third-order valence-corrected chi connectivity index (χ3v) is 4.83. The van der Waals surface area contributed by atoms with Crippen molar-refractivity contribution in [2.24, 2.45) is 5.92 Å². The maximum atomic E-state index is 11.9. The summed E-state index contributed by atoms with van der Waals surface area (Å²) in [5.41, 5.74) is 1.09. The molecule has 1 amide bonds. The molecule has 4 rings (SSSR count). The first-order chi connectivity index (χ1) is 11.8. The van der Waals surface area contributed by atoms with Gasteiger partial charge in [0.15, 0.2) is 0 Å². The van der Waals surface area contributed by atoms with Crippen molar-refractivity contribution in [3.63, 3.8) is 0 Å². The van der Waals surface area contributed by atoms with E-state index in [2.05, 4.69) is 24.8 Å². The smallest absolute Gasteiger partial charge is 0.220 e. The standard InChI is InChI=1S/C18H23N5O/c24-18(11-14-4-5-14)21-13-15-12-20-17-6-8-22(9-10-23(15)17)16-3-1-2-7-19-16/h1-3,7,12,14H,4-6,8-11,13H2,(H,21,24). The van der Waals surface area contributed by atoms with Gasteiger partial charge in [0, 0.05) is 38.7 Å². The second-order valence-electron chi connectivity index (χ2n) is 6.67. The predicted molar refractivity (Wildman–Crippen MR) is 91.6 cm³/mol.